The van der Waals surface area contributed by atoms with Gasteiger partial charge in [0.1, 0.15) is 13.2 Å². The highest BCUT2D eigenvalue weighted by atomic mass is 16.6. The van der Waals surface area contributed by atoms with Crippen LogP contribution in [-0.4, -0.2) is 37.2 Å². The highest BCUT2D eigenvalue weighted by molar-refractivity contribution is 5.71. The summed E-state index contributed by atoms with van der Waals surface area (Å²) in [6.45, 7) is 6.54. The molecule has 0 heterocycles. The van der Waals surface area contributed by atoms with Gasteiger partial charge in [-0.25, -0.2) is 0 Å². The molecular formula is C57H98O6. The molecule has 0 amide bonds. The van der Waals surface area contributed by atoms with Crippen molar-refractivity contribution in [2.45, 2.75) is 258 Å². The fraction of sp³-hybridized carbons (Fsp3) is 0.737. The predicted molar refractivity (Wildman–Crippen MR) is 270 cm³/mol. The molecule has 0 aliphatic carbocycles. The number of allylic oxidation sites excluding steroid dienone is 12. The van der Waals surface area contributed by atoms with E-state index in [4.69, 9.17) is 14.2 Å². The largest absolute Gasteiger partial charge is 0.462 e. The van der Waals surface area contributed by atoms with Crippen molar-refractivity contribution in [1.29, 1.82) is 0 Å². The molecule has 0 rings (SSSR count). The van der Waals surface area contributed by atoms with Gasteiger partial charge in [-0.3, -0.25) is 14.4 Å². The van der Waals surface area contributed by atoms with Crippen LogP contribution < -0.4 is 0 Å². The zero-order chi connectivity index (χ0) is 45.8. The third kappa shape index (κ3) is 49.7. The van der Waals surface area contributed by atoms with Crippen molar-refractivity contribution in [3.8, 4) is 0 Å². The first-order chi connectivity index (χ1) is 31.0. The molecule has 1 atom stereocenters. The average molecular weight is 879 g/mol. The van der Waals surface area contributed by atoms with E-state index in [2.05, 4.69) is 93.7 Å². The van der Waals surface area contributed by atoms with Crippen molar-refractivity contribution in [3.05, 3.63) is 72.9 Å². The third-order valence-electron chi connectivity index (χ3n) is 11.2. The minimum atomic E-state index is -0.808. The van der Waals surface area contributed by atoms with Gasteiger partial charge in [0.25, 0.3) is 0 Å². The molecule has 0 fully saturated rings. The Labute approximate surface area is 389 Å². The van der Waals surface area contributed by atoms with Crippen LogP contribution in [0.25, 0.3) is 0 Å². The van der Waals surface area contributed by atoms with Gasteiger partial charge < -0.3 is 14.2 Å². The summed E-state index contributed by atoms with van der Waals surface area (Å²) in [5, 5.41) is 0. The van der Waals surface area contributed by atoms with Crippen LogP contribution in [0.5, 0.6) is 0 Å². The molecule has 1 unspecified atom stereocenters. The molecule has 63 heavy (non-hydrogen) atoms. The van der Waals surface area contributed by atoms with E-state index in [-0.39, 0.29) is 37.5 Å². The number of ether oxygens (including phenoxy) is 3. The van der Waals surface area contributed by atoms with Crippen molar-refractivity contribution < 1.29 is 28.6 Å². The van der Waals surface area contributed by atoms with Gasteiger partial charge in [0.15, 0.2) is 6.10 Å². The number of carbonyl (C=O) groups excluding carboxylic acids is 3. The fourth-order valence-corrected chi connectivity index (χ4v) is 7.22. The number of unbranched alkanes of at least 4 members (excludes halogenated alkanes) is 26. The lowest BCUT2D eigenvalue weighted by Crippen LogP contribution is -2.30. The van der Waals surface area contributed by atoms with Crippen LogP contribution in [0.2, 0.25) is 0 Å². The lowest BCUT2D eigenvalue weighted by Gasteiger charge is -2.18. The molecular weight excluding hydrogens is 781 g/mol. The molecule has 0 aromatic heterocycles. The molecule has 6 nitrogen and oxygen atoms in total. The first-order valence-corrected chi connectivity index (χ1v) is 26.5. The summed E-state index contributed by atoms with van der Waals surface area (Å²) in [4.78, 5) is 37.9. The standard InChI is InChI=1S/C57H98O6/c1-4-7-10-13-16-19-22-24-26-28-30-31-33-35-38-41-44-47-50-56(59)62-53-54(52-61-55(58)49-46-43-40-37-21-18-15-12-9-6-3)63-57(60)51-48-45-42-39-36-34-32-29-27-25-23-20-17-14-11-8-5-2/h22,24-28,30-32,34,39,42,54H,4-21,23,29,33,35-38,40-41,43-53H2,1-3H3/b24-22-,27-25-,28-26-,31-30-,34-32-,42-39-. The van der Waals surface area contributed by atoms with E-state index < -0.39 is 6.10 Å². The minimum absolute atomic E-state index is 0.101. The highest BCUT2D eigenvalue weighted by Gasteiger charge is 2.19. The third-order valence-corrected chi connectivity index (χ3v) is 11.2. The fourth-order valence-electron chi connectivity index (χ4n) is 7.22. The van der Waals surface area contributed by atoms with E-state index in [0.29, 0.717) is 19.3 Å². The van der Waals surface area contributed by atoms with E-state index in [9.17, 15) is 14.4 Å². The maximum Gasteiger partial charge on any atom is 0.306 e. The first kappa shape index (κ1) is 59.9. The second-order valence-corrected chi connectivity index (χ2v) is 17.5. The van der Waals surface area contributed by atoms with Crippen LogP contribution in [0.4, 0.5) is 0 Å². The van der Waals surface area contributed by atoms with Gasteiger partial charge in [-0.1, -0.05) is 229 Å². The zero-order valence-corrected chi connectivity index (χ0v) is 41.3. The number of esters is 3. The van der Waals surface area contributed by atoms with E-state index in [0.717, 1.165) is 83.5 Å². The second-order valence-electron chi connectivity index (χ2n) is 17.5. The lowest BCUT2D eigenvalue weighted by molar-refractivity contribution is -0.167. The first-order valence-electron chi connectivity index (χ1n) is 26.5. The van der Waals surface area contributed by atoms with Gasteiger partial charge in [0.05, 0.1) is 0 Å². The van der Waals surface area contributed by atoms with Crippen LogP contribution in [0.3, 0.4) is 0 Å². The number of carbonyl (C=O) groups is 3. The maximum absolute atomic E-state index is 12.8. The molecule has 0 radical (unpaired) electrons. The second kappa shape index (κ2) is 51.5. The van der Waals surface area contributed by atoms with Gasteiger partial charge in [0.2, 0.25) is 0 Å². The van der Waals surface area contributed by atoms with Crippen LogP contribution in [0.15, 0.2) is 72.9 Å². The number of rotatable bonds is 47. The molecule has 0 aliphatic heterocycles. The molecule has 0 aromatic rings. The monoisotopic (exact) mass is 879 g/mol. The summed E-state index contributed by atoms with van der Waals surface area (Å²) in [6, 6.07) is 0. The van der Waals surface area contributed by atoms with E-state index >= 15 is 0 Å². The average Bonchev–Trinajstić information content (AvgIpc) is 3.28. The Morgan fingerprint density at radius 3 is 1.06 bits per heavy atom. The molecule has 0 aromatic carbocycles. The topological polar surface area (TPSA) is 78.9 Å². The van der Waals surface area contributed by atoms with Crippen LogP contribution in [0.1, 0.15) is 252 Å². The molecule has 0 bridgehead atoms. The molecule has 0 N–H and O–H groups in total. The molecule has 6 heteroatoms. The van der Waals surface area contributed by atoms with Gasteiger partial charge >= 0.3 is 17.9 Å². The van der Waals surface area contributed by atoms with Crippen molar-refractivity contribution in [1.82, 2.24) is 0 Å². The van der Waals surface area contributed by atoms with Crippen LogP contribution >= 0.6 is 0 Å². The van der Waals surface area contributed by atoms with E-state index in [1.54, 1.807) is 0 Å². The molecule has 0 saturated carbocycles. The Hall–Kier alpha value is -3.15. The molecule has 0 spiro atoms. The number of hydrogen-bond acceptors (Lipinski definition) is 6. The van der Waals surface area contributed by atoms with Gasteiger partial charge in [-0.05, 0) is 77.0 Å². The summed E-state index contributed by atoms with van der Waals surface area (Å²) in [6.07, 6.45) is 64.6. The Morgan fingerprint density at radius 2 is 0.651 bits per heavy atom. The van der Waals surface area contributed by atoms with Crippen molar-refractivity contribution in [2.24, 2.45) is 0 Å². The van der Waals surface area contributed by atoms with Crippen LogP contribution in [-0.2, 0) is 28.6 Å². The maximum atomic E-state index is 12.8. The lowest BCUT2D eigenvalue weighted by atomic mass is 10.1. The van der Waals surface area contributed by atoms with Crippen LogP contribution in [0, 0.1) is 0 Å². The Balaban J connectivity index is 4.46. The summed E-state index contributed by atoms with van der Waals surface area (Å²) in [7, 11) is 0. The predicted octanol–water partition coefficient (Wildman–Crippen LogP) is 17.4. The SMILES string of the molecule is CCCCCCC\C=C/C=C\C=C/CCCCCCCC(=O)OCC(COC(=O)CCCCCCCCCCCC)OC(=O)CCC/C=C\C/C=C\C/C=C\CCCCCCCC. The smallest absolute Gasteiger partial charge is 0.306 e. The Morgan fingerprint density at radius 1 is 0.333 bits per heavy atom. The van der Waals surface area contributed by atoms with E-state index in [1.807, 2.05) is 0 Å². The van der Waals surface area contributed by atoms with Gasteiger partial charge in [-0.15, -0.1) is 0 Å². The summed E-state index contributed by atoms with van der Waals surface area (Å²) < 4.78 is 16.7. The van der Waals surface area contributed by atoms with Gasteiger partial charge in [0, 0.05) is 19.3 Å². The molecule has 362 valence electrons. The zero-order valence-electron chi connectivity index (χ0n) is 41.3. The normalized spacial score (nSPS) is 12.6. The molecule has 0 saturated heterocycles. The van der Waals surface area contributed by atoms with Gasteiger partial charge in [-0.2, -0.15) is 0 Å². The summed E-state index contributed by atoms with van der Waals surface area (Å²) >= 11 is 0. The quantitative estimate of drug-likeness (QED) is 0.0199. The van der Waals surface area contributed by atoms with Crippen molar-refractivity contribution in [2.75, 3.05) is 13.2 Å². The Bertz CT molecular complexity index is 1190. The van der Waals surface area contributed by atoms with Crippen molar-refractivity contribution in [3.63, 3.8) is 0 Å². The number of hydrogen-bond donors (Lipinski definition) is 0. The highest BCUT2D eigenvalue weighted by Crippen LogP contribution is 2.14. The Kier molecular flexibility index (Phi) is 48.9. The minimum Gasteiger partial charge on any atom is -0.462 e. The summed E-state index contributed by atoms with van der Waals surface area (Å²) in [5.41, 5.74) is 0. The molecule has 0 aliphatic rings. The van der Waals surface area contributed by atoms with E-state index in [1.165, 1.54) is 122 Å². The summed E-state index contributed by atoms with van der Waals surface area (Å²) in [5.74, 6) is -0.973. The van der Waals surface area contributed by atoms with Crippen molar-refractivity contribution >= 4 is 17.9 Å².